The minimum atomic E-state index is -3.50. The first-order chi connectivity index (χ1) is 17.0. The first-order valence-corrected chi connectivity index (χ1v) is 14.2. The largest absolute Gasteiger partial charge is 0.367 e. The Hall–Kier alpha value is -2.65. The molecule has 5 rings (SSSR count). The number of hydrogen-bond donors (Lipinski definition) is 3. The second-order valence-electron chi connectivity index (χ2n) is 9.78. The van der Waals surface area contributed by atoms with Crippen molar-refractivity contribution in [3.63, 3.8) is 0 Å². The van der Waals surface area contributed by atoms with Crippen LogP contribution in [0.5, 0.6) is 0 Å². The highest BCUT2D eigenvalue weighted by atomic mass is 32.2. The normalized spacial score (nSPS) is 20.5. The van der Waals surface area contributed by atoms with E-state index in [1.165, 1.54) is 12.8 Å². The number of hydrogen-bond acceptors (Lipinski definition) is 6. The molecule has 0 amide bonds. The molecule has 1 radical (unpaired) electrons. The summed E-state index contributed by atoms with van der Waals surface area (Å²) in [5, 5.41) is 8.07. The van der Waals surface area contributed by atoms with Gasteiger partial charge < -0.3 is 10.6 Å². The van der Waals surface area contributed by atoms with Gasteiger partial charge in [0, 0.05) is 24.5 Å². The van der Waals surface area contributed by atoms with Crippen LogP contribution in [0.2, 0.25) is 6.82 Å². The molecule has 3 N–H and O–H groups in total. The molecule has 2 aromatic carbocycles. The fourth-order valence-electron chi connectivity index (χ4n) is 4.83. The van der Waals surface area contributed by atoms with Gasteiger partial charge >= 0.3 is 0 Å². The van der Waals surface area contributed by atoms with Crippen molar-refractivity contribution in [1.29, 1.82) is 0 Å². The summed E-state index contributed by atoms with van der Waals surface area (Å²) in [7, 11) is -1.67. The number of benzene rings is 2. The monoisotopic (exact) mass is 490 g/mol. The summed E-state index contributed by atoms with van der Waals surface area (Å²) in [6.07, 6.45) is 6.57. The van der Waals surface area contributed by atoms with Crippen molar-refractivity contribution in [2.24, 2.45) is 11.8 Å². The van der Waals surface area contributed by atoms with Crippen molar-refractivity contribution in [2.45, 2.75) is 56.3 Å². The van der Waals surface area contributed by atoms with Gasteiger partial charge in [-0.3, -0.25) is 0 Å². The summed E-state index contributed by atoms with van der Waals surface area (Å²) in [5.74, 6) is 2.49. The highest BCUT2D eigenvalue weighted by Crippen LogP contribution is 2.31. The number of aromatic nitrogens is 2. The topological polar surface area (TPSA) is 96.0 Å². The number of nitrogens with zero attached hydrogens (tertiary/aromatic N) is 2. The minimum Gasteiger partial charge on any atom is -0.367 e. The van der Waals surface area contributed by atoms with Crippen LogP contribution in [-0.4, -0.2) is 44.8 Å². The maximum absolute atomic E-state index is 12.8. The minimum absolute atomic E-state index is 0.353. The average molecular weight is 490 g/mol. The van der Waals surface area contributed by atoms with E-state index in [1.807, 2.05) is 44.4 Å². The summed E-state index contributed by atoms with van der Waals surface area (Å²) in [4.78, 5) is 9.84. The number of sulfonamides is 1. The Kier molecular flexibility index (Phi) is 7.25. The molecule has 0 atom stereocenters. The predicted molar refractivity (Wildman–Crippen MR) is 143 cm³/mol. The van der Waals surface area contributed by atoms with Crippen molar-refractivity contribution >= 4 is 45.4 Å². The van der Waals surface area contributed by atoms with E-state index in [0.29, 0.717) is 35.3 Å². The molecule has 2 fully saturated rings. The Morgan fingerprint density at radius 3 is 2.31 bits per heavy atom. The number of fused-ring (bicyclic) bond motifs is 1. The van der Waals surface area contributed by atoms with Crippen LogP contribution in [0.3, 0.4) is 0 Å². The Bertz CT molecular complexity index is 1270. The molecule has 1 aromatic heterocycles. The lowest BCUT2D eigenvalue weighted by Gasteiger charge is -2.29. The number of para-hydroxylation sites is 1. The molecule has 2 aliphatic carbocycles. The van der Waals surface area contributed by atoms with Crippen molar-refractivity contribution in [3.05, 3.63) is 48.5 Å². The van der Waals surface area contributed by atoms with E-state index in [1.54, 1.807) is 12.1 Å². The van der Waals surface area contributed by atoms with Crippen molar-refractivity contribution < 1.29 is 8.42 Å². The van der Waals surface area contributed by atoms with Gasteiger partial charge in [-0.25, -0.2) is 18.1 Å². The third-order valence-corrected chi connectivity index (χ3v) is 8.62. The maximum atomic E-state index is 12.8. The van der Waals surface area contributed by atoms with E-state index in [4.69, 9.17) is 9.97 Å². The van der Waals surface area contributed by atoms with Crippen LogP contribution >= 0.6 is 0 Å². The fraction of sp³-hybridized carbons (Fsp3) is 0.462. The zero-order chi connectivity index (χ0) is 24.3. The SMILES string of the molecule is C[B]c1ccccc1S(=O)(=O)NCC1CCC(CNc2nc(NC3CC3)c3ccccc3n2)CC1. The molecule has 0 unspecified atom stereocenters. The van der Waals surface area contributed by atoms with Crippen LogP contribution in [-0.2, 0) is 10.0 Å². The van der Waals surface area contributed by atoms with Gasteiger partial charge in [-0.15, -0.1) is 0 Å². The Labute approximate surface area is 208 Å². The molecular formula is C26H33BN5O2S. The number of rotatable bonds is 10. The van der Waals surface area contributed by atoms with Crippen LogP contribution in [0.25, 0.3) is 10.9 Å². The van der Waals surface area contributed by atoms with Crippen molar-refractivity contribution in [2.75, 3.05) is 23.7 Å². The fourth-order valence-corrected chi connectivity index (χ4v) is 6.20. The summed E-state index contributed by atoms with van der Waals surface area (Å²) >= 11 is 0. The molecule has 35 heavy (non-hydrogen) atoms. The molecule has 0 aliphatic heterocycles. The predicted octanol–water partition coefficient (Wildman–Crippen LogP) is 3.78. The third kappa shape index (κ3) is 5.96. The van der Waals surface area contributed by atoms with E-state index < -0.39 is 10.0 Å². The van der Waals surface area contributed by atoms with Crippen LogP contribution in [0.4, 0.5) is 11.8 Å². The summed E-state index contributed by atoms with van der Waals surface area (Å²) in [6.45, 7) is 3.18. The molecule has 9 heteroatoms. The van der Waals surface area contributed by atoms with E-state index in [9.17, 15) is 8.42 Å². The van der Waals surface area contributed by atoms with Gasteiger partial charge in [-0.2, -0.15) is 4.98 Å². The third-order valence-electron chi connectivity index (χ3n) is 7.12. The highest BCUT2D eigenvalue weighted by Gasteiger charge is 2.25. The van der Waals surface area contributed by atoms with E-state index in [2.05, 4.69) is 21.4 Å². The van der Waals surface area contributed by atoms with Gasteiger partial charge in [0.2, 0.25) is 16.0 Å². The second kappa shape index (κ2) is 10.5. The second-order valence-corrected chi connectivity index (χ2v) is 11.5. The van der Waals surface area contributed by atoms with Crippen molar-refractivity contribution in [1.82, 2.24) is 14.7 Å². The molecule has 7 nitrogen and oxygen atoms in total. The van der Waals surface area contributed by atoms with Crippen LogP contribution in [0, 0.1) is 11.8 Å². The maximum Gasteiger partial charge on any atom is 0.240 e. The zero-order valence-electron chi connectivity index (χ0n) is 20.2. The molecule has 2 aliphatic rings. The lowest BCUT2D eigenvalue weighted by Crippen LogP contribution is -2.35. The first kappa shape index (κ1) is 24.1. The van der Waals surface area contributed by atoms with Crippen molar-refractivity contribution in [3.8, 4) is 0 Å². The summed E-state index contributed by atoms with van der Waals surface area (Å²) in [6, 6.07) is 15.8. The summed E-state index contributed by atoms with van der Waals surface area (Å²) in [5.41, 5.74) is 1.69. The molecule has 0 saturated heterocycles. The van der Waals surface area contributed by atoms with Crippen LogP contribution in [0.1, 0.15) is 38.5 Å². The molecule has 2 saturated carbocycles. The highest BCUT2D eigenvalue weighted by molar-refractivity contribution is 7.89. The molecule has 3 aromatic rings. The van der Waals surface area contributed by atoms with Crippen LogP contribution in [0.15, 0.2) is 53.4 Å². The molecule has 0 bridgehead atoms. The molecule has 0 spiro atoms. The van der Waals surface area contributed by atoms with Crippen LogP contribution < -0.4 is 20.8 Å². The van der Waals surface area contributed by atoms with E-state index >= 15 is 0 Å². The lowest BCUT2D eigenvalue weighted by atomic mass is 9.73. The van der Waals surface area contributed by atoms with Gasteiger partial charge in [0.15, 0.2) is 0 Å². The Morgan fingerprint density at radius 1 is 0.886 bits per heavy atom. The Balaban J connectivity index is 1.13. The number of anilines is 2. The van der Waals surface area contributed by atoms with Gasteiger partial charge in [0.25, 0.3) is 0 Å². The molecular weight excluding hydrogens is 457 g/mol. The smallest absolute Gasteiger partial charge is 0.240 e. The zero-order valence-corrected chi connectivity index (χ0v) is 21.0. The molecule has 1 heterocycles. The lowest BCUT2D eigenvalue weighted by molar-refractivity contribution is 0.284. The van der Waals surface area contributed by atoms with Gasteiger partial charge in [-0.1, -0.05) is 42.6 Å². The summed E-state index contributed by atoms with van der Waals surface area (Å²) < 4.78 is 28.5. The van der Waals surface area contributed by atoms with Gasteiger partial charge in [0.05, 0.1) is 10.4 Å². The quantitative estimate of drug-likeness (QED) is 0.375. The molecule has 183 valence electrons. The standard InChI is InChI=1S/C26H33BN5O2S/c1-27-22-7-3-5-9-24(22)35(33,34)29-17-19-12-10-18(11-13-19)16-28-26-31-23-8-4-2-6-21(23)25(32-26)30-20-14-15-20/h2-9,18-20,29H,10-17H2,1H3,(H2,28,30,31,32). The van der Waals surface area contributed by atoms with Gasteiger partial charge in [-0.05, 0) is 68.6 Å². The van der Waals surface area contributed by atoms with E-state index in [0.717, 1.165) is 54.4 Å². The van der Waals surface area contributed by atoms with E-state index in [-0.39, 0.29) is 0 Å². The number of nitrogens with one attached hydrogen (secondary N) is 3. The Morgan fingerprint density at radius 2 is 1.57 bits per heavy atom. The van der Waals surface area contributed by atoms with Gasteiger partial charge in [0.1, 0.15) is 13.1 Å². The first-order valence-electron chi connectivity index (χ1n) is 12.7. The average Bonchev–Trinajstić information content (AvgIpc) is 3.71.